The van der Waals surface area contributed by atoms with E-state index in [2.05, 4.69) is 0 Å². The lowest BCUT2D eigenvalue weighted by Crippen LogP contribution is -2.34. The molecule has 4 heteroatoms. The van der Waals surface area contributed by atoms with Gasteiger partial charge in [-0.3, -0.25) is 4.79 Å². The van der Waals surface area contributed by atoms with E-state index in [4.69, 9.17) is 10.5 Å². The van der Waals surface area contributed by atoms with Crippen LogP contribution in [-0.4, -0.2) is 17.6 Å². The van der Waals surface area contributed by atoms with Crippen LogP contribution in [0.3, 0.4) is 0 Å². The predicted molar refractivity (Wildman–Crippen MR) is 63.0 cm³/mol. The summed E-state index contributed by atoms with van der Waals surface area (Å²) in [4.78, 5) is 11.7. The van der Waals surface area contributed by atoms with Gasteiger partial charge in [0.15, 0.2) is 0 Å². The van der Waals surface area contributed by atoms with Crippen LogP contribution in [0.4, 0.5) is 0 Å². The third-order valence-electron chi connectivity index (χ3n) is 2.51. The van der Waals surface area contributed by atoms with Crippen LogP contribution >= 0.6 is 12.4 Å². The second-order valence-electron chi connectivity index (χ2n) is 5.15. The summed E-state index contributed by atoms with van der Waals surface area (Å²) in [5.41, 5.74) is 5.41. The number of esters is 1. The molecule has 3 nitrogen and oxygen atoms in total. The van der Waals surface area contributed by atoms with Gasteiger partial charge in [0.25, 0.3) is 0 Å². The van der Waals surface area contributed by atoms with Crippen LogP contribution in [0.15, 0.2) is 0 Å². The van der Waals surface area contributed by atoms with Gasteiger partial charge in [0.2, 0.25) is 0 Å². The Labute approximate surface area is 98.2 Å². The summed E-state index contributed by atoms with van der Waals surface area (Å²) < 4.78 is 5.33. The largest absolute Gasteiger partial charge is 0.460 e. The van der Waals surface area contributed by atoms with Crippen molar-refractivity contribution in [2.75, 3.05) is 0 Å². The van der Waals surface area contributed by atoms with Gasteiger partial charge in [-0.2, -0.15) is 0 Å². The molecule has 1 aliphatic rings. The molecule has 0 bridgehead atoms. The molecule has 0 atom stereocenters. The van der Waals surface area contributed by atoms with E-state index in [9.17, 15) is 4.79 Å². The molecule has 1 rings (SSSR count). The van der Waals surface area contributed by atoms with E-state index in [0.717, 1.165) is 25.7 Å². The molecule has 2 N–H and O–H groups in total. The molecule has 1 fully saturated rings. The quantitative estimate of drug-likeness (QED) is 0.710. The van der Waals surface area contributed by atoms with Crippen LogP contribution in [0.2, 0.25) is 0 Å². The molecule has 0 amide bonds. The van der Waals surface area contributed by atoms with Crippen LogP contribution in [-0.2, 0) is 9.53 Å². The molecule has 0 aromatic heterocycles. The van der Waals surface area contributed by atoms with Crippen molar-refractivity contribution in [3.8, 4) is 0 Å². The molecule has 0 radical (unpaired) electrons. The van der Waals surface area contributed by atoms with Crippen molar-refractivity contribution in [2.45, 2.75) is 58.1 Å². The zero-order valence-corrected chi connectivity index (χ0v) is 10.6. The number of hydrogen-bond donors (Lipinski definition) is 1. The van der Waals surface area contributed by atoms with E-state index in [1.807, 2.05) is 20.8 Å². The van der Waals surface area contributed by atoms with E-state index in [1.54, 1.807) is 0 Å². The first-order chi connectivity index (χ1) is 6.38. The Morgan fingerprint density at radius 2 is 1.67 bits per heavy atom. The van der Waals surface area contributed by atoms with Gasteiger partial charge in [-0.15, -0.1) is 12.4 Å². The second-order valence-corrected chi connectivity index (χ2v) is 5.15. The number of halogens is 1. The fourth-order valence-corrected chi connectivity index (χ4v) is 1.74. The molecule has 0 aromatic carbocycles. The van der Waals surface area contributed by atoms with Gasteiger partial charge in [0, 0.05) is 6.04 Å². The molecule has 0 spiro atoms. The van der Waals surface area contributed by atoms with Gasteiger partial charge in [0.05, 0.1) is 5.92 Å². The van der Waals surface area contributed by atoms with Crippen molar-refractivity contribution in [1.82, 2.24) is 0 Å². The highest BCUT2D eigenvalue weighted by Gasteiger charge is 2.28. The molecule has 90 valence electrons. The van der Waals surface area contributed by atoms with Gasteiger partial charge >= 0.3 is 5.97 Å². The third-order valence-corrected chi connectivity index (χ3v) is 2.51. The van der Waals surface area contributed by atoms with E-state index >= 15 is 0 Å². The minimum Gasteiger partial charge on any atom is -0.460 e. The smallest absolute Gasteiger partial charge is 0.309 e. The molecule has 1 saturated carbocycles. The third kappa shape index (κ3) is 5.38. The van der Waals surface area contributed by atoms with Gasteiger partial charge in [-0.05, 0) is 46.5 Å². The van der Waals surface area contributed by atoms with E-state index in [0.29, 0.717) is 0 Å². The zero-order valence-electron chi connectivity index (χ0n) is 9.79. The van der Waals surface area contributed by atoms with Crippen LogP contribution in [0.1, 0.15) is 46.5 Å². The number of rotatable bonds is 1. The summed E-state index contributed by atoms with van der Waals surface area (Å²) in [7, 11) is 0. The molecule has 15 heavy (non-hydrogen) atoms. The monoisotopic (exact) mass is 235 g/mol. The van der Waals surface area contributed by atoms with Gasteiger partial charge < -0.3 is 10.5 Å². The first-order valence-corrected chi connectivity index (χ1v) is 5.37. The number of ether oxygens (including phenoxy) is 1. The van der Waals surface area contributed by atoms with Crippen molar-refractivity contribution in [2.24, 2.45) is 11.7 Å². The van der Waals surface area contributed by atoms with Crippen LogP contribution in [0.5, 0.6) is 0 Å². The Kier molecular flexibility index (Phi) is 5.60. The minimum atomic E-state index is -0.364. The molecular weight excluding hydrogens is 214 g/mol. The van der Waals surface area contributed by atoms with Gasteiger partial charge in [-0.1, -0.05) is 0 Å². The summed E-state index contributed by atoms with van der Waals surface area (Å²) >= 11 is 0. The lowest BCUT2D eigenvalue weighted by atomic mass is 9.86. The summed E-state index contributed by atoms with van der Waals surface area (Å²) in [6, 6.07) is 0.286. The lowest BCUT2D eigenvalue weighted by Gasteiger charge is -2.28. The van der Waals surface area contributed by atoms with E-state index < -0.39 is 0 Å². The van der Waals surface area contributed by atoms with Crippen molar-refractivity contribution in [3.63, 3.8) is 0 Å². The number of carbonyl (C=O) groups excluding carboxylic acids is 1. The maximum Gasteiger partial charge on any atom is 0.309 e. The number of carbonyl (C=O) groups is 1. The van der Waals surface area contributed by atoms with Gasteiger partial charge in [-0.25, -0.2) is 0 Å². The Morgan fingerprint density at radius 3 is 2.07 bits per heavy atom. The Bertz CT molecular complexity index is 205. The Morgan fingerprint density at radius 1 is 1.20 bits per heavy atom. The lowest BCUT2D eigenvalue weighted by molar-refractivity contribution is -0.161. The summed E-state index contributed by atoms with van der Waals surface area (Å²) in [6.45, 7) is 5.71. The molecular formula is C11H22ClNO2. The molecule has 0 heterocycles. The van der Waals surface area contributed by atoms with Crippen molar-refractivity contribution < 1.29 is 9.53 Å². The molecule has 0 aromatic rings. The summed E-state index contributed by atoms with van der Waals surface area (Å²) in [6.07, 6.45) is 3.67. The predicted octanol–water partition coefficient (Wildman–Crippen LogP) is 2.27. The van der Waals surface area contributed by atoms with E-state index in [1.165, 1.54) is 0 Å². The molecule has 1 aliphatic carbocycles. The second kappa shape index (κ2) is 5.71. The maximum atomic E-state index is 11.7. The highest BCUT2D eigenvalue weighted by molar-refractivity contribution is 5.85. The average Bonchev–Trinajstić information content (AvgIpc) is 2.02. The molecule has 0 saturated heterocycles. The number of nitrogens with two attached hydrogens (primary N) is 1. The Hall–Kier alpha value is -0.280. The van der Waals surface area contributed by atoms with Crippen molar-refractivity contribution in [3.05, 3.63) is 0 Å². The van der Waals surface area contributed by atoms with Crippen LogP contribution in [0.25, 0.3) is 0 Å². The summed E-state index contributed by atoms with van der Waals surface area (Å²) in [5.74, 6) is 0.0263. The summed E-state index contributed by atoms with van der Waals surface area (Å²) in [5, 5.41) is 0. The Balaban J connectivity index is 0.00000196. The average molecular weight is 236 g/mol. The zero-order chi connectivity index (χ0) is 10.8. The fraction of sp³-hybridized carbons (Fsp3) is 0.909. The highest BCUT2D eigenvalue weighted by Crippen LogP contribution is 2.25. The first kappa shape index (κ1) is 14.7. The normalized spacial score (nSPS) is 26.7. The topological polar surface area (TPSA) is 52.3 Å². The number of hydrogen-bond acceptors (Lipinski definition) is 3. The highest BCUT2D eigenvalue weighted by atomic mass is 35.5. The standard InChI is InChI=1S/C11H21NO2.ClH/c1-11(2,3)14-10(13)8-4-6-9(12)7-5-8;/h8-9H,4-7,12H2,1-3H3;1H. The van der Waals surface area contributed by atoms with E-state index in [-0.39, 0.29) is 35.9 Å². The SMILES string of the molecule is CC(C)(C)OC(=O)C1CCC(N)CC1.Cl. The minimum absolute atomic E-state index is 0. The van der Waals surface area contributed by atoms with Crippen LogP contribution < -0.4 is 5.73 Å². The van der Waals surface area contributed by atoms with Crippen LogP contribution in [0, 0.1) is 5.92 Å². The molecule has 0 aliphatic heterocycles. The molecule has 0 unspecified atom stereocenters. The van der Waals surface area contributed by atoms with Crippen molar-refractivity contribution >= 4 is 18.4 Å². The maximum absolute atomic E-state index is 11.7. The first-order valence-electron chi connectivity index (χ1n) is 5.37. The van der Waals surface area contributed by atoms with Crippen molar-refractivity contribution in [1.29, 1.82) is 0 Å². The fourth-order valence-electron chi connectivity index (χ4n) is 1.74. The van der Waals surface area contributed by atoms with Gasteiger partial charge in [0.1, 0.15) is 5.60 Å².